The number of hydrogen-bond acceptors (Lipinski definition) is 3. The van der Waals surface area contributed by atoms with Crippen molar-refractivity contribution in [1.29, 1.82) is 0 Å². The van der Waals surface area contributed by atoms with E-state index in [1.54, 1.807) is 0 Å². The minimum absolute atomic E-state index is 0.122. The SMILES string of the molecule is Cc1ccc2c(c1)C1(C)CN=CC=C1N2c1ccc(-c2cc(C)c(-c3ccc(-n4c5c(c6cnccc64)CC(C)(C)C=C5)cc3C)cc2C)c(C)c1. The van der Waals surface area contributed by atoms with Gasteiger partial charge in [0.1, 0.15) is 0 Å². The van der Waals surface area contributed by atoms with Gasteiger partial charge in [-0.2, -0.15) is 0 Å². The van der Waals surface area contributed by atoms with E-state index in [0.717, 1.165) is 13.0 Å². The third-order valence-corrected chi connectivity index (χ3v) is 11.9. The minimum Gasteiger partial charge on any atom is -0.313 e. The first kappa shape index (κ1) is 32.4. The Morgan fingerprint density at radius 2 is 1.37 bits per heavy atom. The number of dihydropyridines is 1. The van der Waals surface area contributed by atoms with E-state index < -0.39 is 0 Å². The van der Waals surface area contributed by atoms with Gasteiger partial charge in [0.2, 0.25) is 0 Å². The third-order valence-electron chi connectivity index (χ3n) is 11.9. The number of benzene rings is 4. The zero-order valence-corrected chi connectivity index (χ0v) is 31.6. The quantitative estimate of drug-likeness (QED) is 0.186. The number of aromatic nitrogens is 2. The number of fused-ring (bicyclic) bond motifs is 6. The van der Waals surface area contributed by atoms with E-state index >= 15 is 0 Å². The van der Waals surface area contributed by atoms with E-state index in [1.165, 1.54) is 101 Å². The van der Waals surface area contributed by atoms with Crippen molar-refractivity contribution >= 4 is 34.6 Å². The molecule has 1 aliphatic carbocycles. The zero-order chi connectivity index (χ0) is 36.1. The first-order valence-electron chi connectivity index (χ1n) is 18.6. The van der Waals surface area contributed by atoms with E-state index in [4.69, 9.17) is 0 Å². The van der Waals surface area contributed by atoms with Crippen LogP contribution >= 0.6 is 0 Å². The largest absolute Gasteiger partial charge is 0.313 e. The van der Waals surface area contributed by atoms with Crippen molar-refractivity contribution in [3.63, 3.8) is 0 Å². The topological polar surface area (TPSA) is 33.4 Å². The Morgan fingerprint density at radius 1 is 0.692 bits per heavy atom. The molecule has 3 aliphatic rings. The Labute approximate surface area is 307 Å². The van der Waals surface area contributed by atoms with Gasteiger partial charge in [0.15, 0.2) is 0 Å². The molecule has 0 spiro atoms. The number of pyridine rings is 1. The van der Waals surface area contributed by atoms with Crippen molar-refractivity contribution in [3.8, 4) is 27.9 Å². The molecule has 2 aromatic heterocycles. The van der Waals surface area contributed by atoms with Crippen molar-refractivity contribution in [2.24, 2.45) is 10.4 Å². The second-order valence-electron chi connectivity index (χ2n) is 16.3. The number of nitrogens with zero attached hydrogens (tertiary/aromatic N) is 4. The van der Waals surface area contributed by atoms with E-state index in [1.807, 2.05) is 18.6 Å². The molecule has 52 heavy (non-hydrogen) atoms. The summed E-state index contributed by atoms with van der Waals surface area (Å²) in [6.07, 6.45) is 13.8. The number of aryl methyl sites for hydroxylation is 5. The van der Waals surface area contributed by atoms with Crippen LogP contribution in [0.3, 0.4) is 0 Å². The van der Waals surface area contributed by atoms with E-state index in [0.29, 0.717) is 0 Å². The van der Waals surface area contributed by atoms with E-state index in [2.05, 4.69) is 166 Å². The summed E-state index contributed by atoms with van der Waals surface area (Å²) >= 11 is 0. The van der Waals surface area contributed by atoms with Crippen LogP contribution in [0, 0.1) is 40.0 Å². The lowest BCUT2D eigenvalue weighted by molar-refractivity contribution is 0.476. The smallest absolute Gasteiger partial charge is 0.0568 e. The Morgan fingerprint density at radius 3 is 2.08 bits per heavy atom. The molecular formula is C48H46N4. The standard InChI is InChI=1S/C48H46N4/c1-29-9-14-45-42(21-29)48(8)28-50-20-17-46(48)52(45)35-11-13-37(31(3)23-35)39-25-32(4)38(24-33(39)5)36-12-10-34(22-30(36)2)51-43-15-18-47(6,7)26-40(43)41-27-49-19-16-44(41)51/h9-25,27H,26,28H2,1-8H3. The Hall–Kier alpha value is -5.48. The molecule has 0 saturated carbocycles. The molecule has 4 aromatic carbocycles. The highest BCUT2D eigenvalue weighted by molar-refractivity contribution is 5.91. The Kier molecular flexibility index (Phi) is 7.18. The first-order valence-corrected chi connectivity index (χ1v) is 18.6. The lowest BCUT2D eigenvalue weighted by atomic mass is 9.80. The molecule has 9 rings (SSSR count). The van der Waals surface area contributed by atoms with Crippen LogP contribution in [0.25, 0.3) is 44.9 Å². The Bertz CT molecular complexity index is 2570. The van der Waals surface area contributed by atoms with Gasteiger partial charge in [-0.1, -0.05) is 61.9 Å². The molecule has 0 bridgehead atoms. The third kappa shape index (κ3) is 4.87. The second-order valence-corrected chi connectivity index (χ2v) is 16.3. The minimum atomic E-state index is -0.122. The average molecular weight is 679 g/mol. The summed E-state index contributed by atoms with van der Waals surface area (Å²) in [6.45, 7) is 18.9. The molecule has 0 N–H and O–H groups in total. The summed E-state index contributed by atoms with van der Waals surface area (Å²) in [7, 11) is 0. The maximum atomic E-state index is 4.68. The van der Waals surface area contributed by atoms with Gasteiger partial charge in [-0.05, 0) is 158 Å². The lowest BCUT2D eigenvalue weighted by Crippen LogP contribution is -2.31. The fourth-order valence-corrected chi connectivity index (χ4v) is 9.11. The van der Waals surface area contributed by atoms with Crippen molar-refractivity contribution in [3.05, 3.63) is 148 Å². The number of rotatable bonds is 4. The summed E-state index contributed by atoms with van der Waals surface area (Å²) in [5.74, 6) is 0. The van der Waals surface area contributed by atoms with Gasteiger partial charge in [0, 0.05) is 46.8 Å². The molecule has 4 heterocycles. The van der Waals surface area contributed by atoms with Gasteiger partial charge < -0.3 is 9.47 Å². The molecule has 0 saturated heterocycles. The summed E-state index contributed by atoms with van der Waals surface area (Å²) < 4.78 is 2.42. The fraction of sp³-hybridized carbons (Fsp3) is 0.250. The molecular weight excluding hydrogens is 633 g/mol. The predicted molar refractivity (Wildman–Crippen MR) is 220 cm³/mol. The molecule has 1 atom stereocenters. The number of hydrogen-bond donors (Lipinski definition) is 0. The highest BCUT2D eigenvalue weighted by atomic mass is 15.2. The average Bonchev–Trinajstić information content (AvgIpc) is 3.57. The normalized spacial score (nSPS) is 18.4. The number of anilines is 2. The molecule has 4 heteroatoms. The van der Waals surface area contributed by atoms with Gasteiger partial charge in [-0.15, -0.1) is 0 Å². The van der Waals surface area contributed by atoms with Gasteiger partial charge in [-0.25, -0.2) is 0 Å². The van der Waals surface area contributed by atoms with Crippen LogP contribution in [0.15, 0.2) is 108 Å². The molecule has 0 amide bonds. The summed E-state index contributed by atoms with van der Waals surface area (Å²) in [4.78, 5) is 11.6. The molecule has 6 aromatic rings. The molecule has 0 fully saturated rings. The van der Waals surface area contributed by atoms with E-state index in [9.17, 15) is 0 Å². The molecule has 1 unspecified atom stereocenters. The van der Waals surface area contributed by atoms with Gasteiger partial charge in [-0.3, -0.25) is 9.98 Å². The highest BCUT2D eigenvalue weighted by Gasteiger charge is 2.45. The number of aliphatic imine (C=N–C) groups is 1. The van der Waals surface area contributed by atoms with Crippen LogP contribution in [0.5, 0.6) is 0 Å². The maximum Gasteiger partial charge on any atom is 0.0568 e. The second kappa shape index (κ2) is 11.5. The van der Waals surface area contributed by atoms with Gasteiger partial charge in [0.25, 0.3) is 0 Å². The predicted octanol–water partition coefficient (Wildman–Crippen LogP) is 11.9. The fourth-order valence-electron chi connectivity index (χ4n) is 9.11. The van der Waals surface area contributed by atoms with Crippen LogP contribution < -0.4 is 4.90 Å². The van der Waals surface area contributed by atoms with Gasteiger partial charge >= 0.3 is 0 Å². The molecule has 4 nitrogen and oxygen atoms in total. The van der Waals surface area contributed by atoms with Crippen LogP contribution in [-0.4, -0.2) is 22.3 Å². The monoisotopic (exact) mass is 678 g/mol. The van der Waals surface area contributed by atoms with Crippen LogP contribution in [0.4, 0.5) is 11.4 Å². The van der Waals surface area contributed by atoms with Gasteiger partial charge in [0.05, 0.1) is 23.2 Å². The van der Waals surface area contributed by atoms with Crippen molar-refractivity contribution in [1.82, 2.24) is 9.55 Å². The molecule has 0 radical (unpaired) electrons. The summed E-state index contributed by atoms with van der Waals surface area (Å²) in [5, 5.41) is 1.25. The zero-order valence-electron chi connectivity index (χ0n) is 31.6. The summed E-state index contributed by atoms with van der Waals surface area (Å²) in [5.41, 5.74) is 21.8. The summed E-state index contributed by atoms with van der Waals surface area (Å²) in [6, 6.07) is 27.7. The number of allylic oxidation sites excluding steroid dienone is 2. The highest BCUT2D eigenvalue weighted by Crippen LogP contribution is 2.53. The van der Waals surface area contributed by atoms with Crippen molar-refractivity contribution in [2.45, 2.75) is 67.2 Å². The van der Waals surface area contributed by atoms with Crippen molar-refractivity contribution in [2.75, 3.05) is 11.4 Å². The van der Waals surface area contributed by atoms with Crippen LogP contribution in [0.2, 0.25) is 0 Å². The first-order chi connectivity index (χ1) is 24.9. The lowest BCUT2D eigenvalue weighted by Gasteiger charge is -2.31. The Balaban J connectivity index is 1.07. The van der Waals surface area contributed by atoms with Crippen LogP contribution in [0.1, 0.15) is 65.4 Å². The molecule has 2 aliphatic heterocycles. The maximum absolute atomic E-state index is 4.68. The van der Waals surface area contributed by atoms with Crippen LogP contribution in [-0.2, 0) is 11.8 Å². The molecule has 258 valence electrons. The van der Waals surface area contributed by atoms with Crippen molar-refractivity contribution < 1.29 is 0 Å². The van der Waals surface area contributed by atoms with E-state index in [-0.39, 0.29) is 10.8 Å².